The van der Waals surface area contributed by atoms with Gasteiger partial charge in [0.1, 0.15) is 29.5 Å². The van der Waals surface area contributed by atoms with Crippen molar-refractivity contribution in [2.75, 3.05) is 19.4 Å². The van der Waals surface area contributed by atoms with Gasteiger partial charge in [0.15, 0.2) is 0 Å². The molecule has 1 saturated heterocycles. The Balaban J connectivity index is 1.77. The van der Waals surface area contributed by atoms with E-state index in [2.05, 4.69) is 10.0 Å². The number of hydrogen-bond donors (Lipinski definition) is 1. The van der Waals surface area contributed by atoms with Crippen LogP contribution in [0.25, 0.3) is 10.4 Å². The minimum absolute atomic E-state index is 0.00219. The Morgan fingerprint density at radius 3 is 2.85 bits per heavy atom. The van der Waals surface area contributed by atoms with Gasteiger partial charge in [0, 0.05) is 10.7 Å². The fourth-order valence-electron chi connectivity index (χ4n) is 2.75. The Labute approximate surface area is 153 Å². The molecule has 1 amide bonds. The van der Waals surface area contributed by atoms with Crippen LogP contribution in [-0.4, -0.2) is 47.6 Å². The Morgan fingerprint density at radius 2 is 2.19 bits per heavy atom. The van der Waals surface area contributed by atoms with Crippen molar-refractivity contribution in [3.05, 3.63) is 51.5 Å². The molecule has 0 radical (unpaired) electrons. The molecule has 3 rings (SSSR count). The highest BCUT2D eigenvalue weighted by atomic mass is 32.2. The Morgan fingerprint density at radius 1 is 1.46 bits per heavy atom. The number of amides is 1. The van der Waals surface area contributed by atoms with E-state index in [1.165, 1.54) is 16.7 Å². The second-order valence-electron chi connectivity index (χ2n) is 5.70. The van der Waals surface area contributed by atoms with Crippen molar-refractivity contribution in [1.29, 1.82) is 0 Å². The third-order valence-corrected chi connectivity index (χ3v) is 5.50. The summed E-state index contributed by atoms with van der Waals surface area (Å²) in [5.41, 5.74) is 15.8. The average molecular weight is 375 g/mol. The number of methoxy groups -OCH3 is 1. The summed E-state index contributed by atoms with van der Waals surface area (Å²) in [7, 11) is 1.57. The summed E-state index contributed by atoms with van der Waals surface area (Å²) in [5.74, 6) is 0.187. The number of rotatable bonds is 6. The van der Waals surface area contributed by atoms with Crippen molar-refractivity contribution in [2.45, 2.75) is 18.0 Å². The van der Waals surface area contributed by atoms with E-state index in [0.29, 0.717) is 17.1 Å². The van der Waals surface area contributed by atoms with Crippen LogP contribution in [0.2, 0.25) is 0 Å². The average Bonchev–Trinajstić information content (AvgIpc) is 2.69. The maximum atomic E-state index is 12.6. The van der Waals surface area contributed by atoms with Gasteiger partial charge in [0.05, 0.1) is 13.7 Å². The molecular formula is C16H17N5O4S. The number of esters is 1. The first kappa shape index (κ1) is 18.1. The first-order valence-corrected chi connectivity index (χ1v) is 8.85. The second kappa shape index (κ2) is 7.69. The molecule has 2 atom stereocenters. The van der Waals surface area contributed by atoms with Crippen molar-refractivity contribution in [2.24, 2.45) is 10.8 Å². The molecule has 2 aliphatic heterocycles. The molecule has 0 spiro atoms. The highest BCUT2D eigenvalue weighted by Crippen LogP contribution is 2.39. The lowest BCUT2D eigenvalue weighted by Crippen LogP contribution is -2.68. The predicted octanol–water partition coefficient (Wildman–Crippen LogP) is 1.55. The van der Waals surface area contributed by atoms with Gasteiger partial charge in [0.25, 0.3) is 0 Å². The molecule has 2 N–H and O–H groups in total. The smallest absolute Gasteiger partial charge is 0.355 e. The van der Waals surface area contributed by atoms with Crippen LogP contribution in [0.3, 0.4) is 0 Å². The van der Waals surface area contributed by atoms with E-state index < -0.39 is 12.0 Å². The third kappa shape index (κ3) is 3.34. The molecule has 0 aromatic heterocycles. The Kier molecular flexibility index (Phi) is 5.36. The largest absolute Gasteiger partial charge is 0.497 e. The summed E-state index contributed by atoms with van der Waals surface area (Å²) >= 11 is 1.44. The number of thioether (sulfide) groups is 1. The van der Waals surface area contributed by atoms with Gasteiger partial charge in [-0.05, 0) is 28.8 Å². The standard InChI is InChI=1S/C16H17N5O4S/c1-24-11-4-2-9(3-5-11)7-25-16(23)13-10(6-19-20-18)8-26-15-12(17)14(22)21(13)15/h2-5,12,15H,6-8,17H2,1H3/t12-,15+/m0/s1. The lowest BCUT2D eigenvalue weighted by Gasteiger charge is -2.48. The van der Waals surface area contributed by atoms with Crippen LogP contribution in [0.5, 0.6) is 5.75 Å². The molecule has 9 nitrogen and oxygen atoms in total. The van der Waals surface area contributed by atoms with Crippen LogP contribution in [0.1, 0.15) is 5.56 Å². The molecule has 10 heteroatoms. The molecule has 2 aliphatic rings. The maximum absolute atomic E-state index is 12.6. The molecule has 0 unspecified atom stereocenters. The number of nitrogens with two attached hydrogens (primary N) is 1. The first-order valence-electron chi connectivity index (χ1n) is 7.80. The first-order chi connectivity index (χ1) is 12.6. The Hall–Kier alpha value is -2.68. The Bertz CT molecular complexity index is 803. The van der Waals surface area contributed by atoms with Crippen LogP contribution < -0.4 is 10.5 Å². The molecule has 0 bridgehead atoms. The number of carbonyl (C=O) groups excluding carboxylic acids is 2. The zero-order valence-electron chi connectivity index (χ0n) is 14.0. The zero-order chi connectivity index (χ0) is 18.7. The highest BCUT2D eigenvalue weighted by molar-refractivity contribution is 8.00. The van der Waals surface area contributed by atoms with Gasteiger partial charge in [-0.25, -0.2) is 4.79 Å². The fourth-order valence-corrected chi connectivity index (χ4v) is 4.03. The van der Waals surface area contributed by atoms with Gasteiger partial charge in [0.2, 0.25) is 5.91 Å². The zero-order valence-corrected chi connectivity index (χ0v) is 14.8. The number of β-lactam (4-membered cyclic amide) rings is 1. The van der Waals surface area contributed by atoms with Crippen LogP contribution >= 0.6 is 11.8 Å². The summed E-state index contributed by atoms with van der Waals surface area (Å²) in [6.45, 7) is 0.0508. The van der Waals surface area contributed by atoms with Gasteiger partial charge in [-0.15, -0.1) is 11.8 Å². The summed E-state index contributed by atoms with van der Waals surface area (Å²) in [5, 5.41) is 3.22. The number of carbonyl (C=O) groups is 2. The van der Waals surface area contributed by atoms with E-state index >= 15 is 0 Å². The normalized spacial score (nSPS) is 21.5. The minimum atomic E-state index is -0.634. The van der Waals surface area contributed by atoms with Gasteiger partial charge < -0.3 is 15.2 Å². The topological polar surface area (TPSA) is 131 Å². The SMILES string of the molecule is COc1ccc(COC(=O)C2=C(CN=[N+]=[N-])CS[C@@H]3[C@@H](N)C(=O)N23)cc1. The van der Waals surface area contributed by atoms with Gasteiger partial charge in [-0.1, -0.05) is 17.2 Å². The van der Waals surface area contributed by atoms with E-state index in [-0.39, 0.29) is 30.1 Å². The van der Waals surface area contributed by atoms with E-state index in [4.69, 9.17) is 20.7 Å². The summed E-state index contributed by atoms with van der Waals surface area (Å²) in [6, 6.07) is 6.46. The quantitative estimate of drug-likeness (QED) is 0.264. The predicted molar refractivity (Wildman–Crippen MR) is 94.9 cm³/mol. The van der Waals surface area contributed by atoms with Crippen LogP contribution in [-0.2, 0) is 20.9 Å². The van der Waals surface area contributed by atoms with Crippen molar-refractivity contribution in [3.8, 4) is 5.75 Å². The molecule has 1 aromatic rings. The molecule has 1 aromatic carbocycles. The van der Waals surface area contributed by atoms with Crippen molar-refractivity contribution in [3.63, 3.8) is 0 Å². The fraction of sp³-hybridized carbons (Fsp3) is 0.375. The highest BCUT2D eigenvalue weighted by Gasteiger charge is 2.51. The van der Waals surface area contributed by atoms with Crippen molar-refractivity contribution < 1.29 is 19.1 Å². The number of fused-ring (bicyclic) bond motifs is 1. The molecule has 136 valence electrons. The second-order valence-corrected chi connectivity index (χ2v) is 6.81. The van der Waals surface area contributed by atoms with E-state index in [9.17, 15) is 9.59 Å². The monoisotopic (exact) mass is 375 g/mol. The van der Waals surface area contributed by atoms with Crippen molar-refractivity contribution >= 4 is 23.6 Å². The number of nitrogens with zero attached hydrogens (tertiary/aromatic N) is 4. The third-order valence-electron chi connectivity index (χ3n) is 4.14. The number of benzene rings is 1. The summed E-state index contributed by atoms with van der Waals surface area (Å²) < 4.78 is 10.5. The molecule has 0 aliphatic carbocycles. The number of azide groups is 1. The maximum Gasteiger partial charge on any atom is 0.355 e. The van der Waals surface area contributed by atoms with E-state index in [1.807, 2.05) is 0 Å². The molecular weight excluding hydrogens is 358 g/mol. The van der Waals surface area contributed by atoms with Gasteiger partial charge in [-0.2, -0.15) is 0 Å². The molecule has 1 fully saturated rings. The van der Waals surface area contributed by atoms with Crippen LogP contribution in [0.4, 0.5) is 0 Å². The molecule has 0 saturated carbocycles. The van der Waals surface area contributed by atoms with Gasteiger partial charge in [-0.3, -0.25) is 9.69 Å². The van der Waals surface area contributed by atoms with Crippen LogP contribution in [0.15, 0.2) is 40.6 Å². The lowest BCUT2D eigenvalue weighted by molar-refractivity contribution is -0.151. The molecule has 26 heavy (non-hydrogen) atoms. The van der Waals surface area contributed by atoms with E-state index in [1.54, 1.807) is 31.4 Å². The minimum Gasteiger partial charge on any atom is -0.497 e. The van der Waals surface area contributed by atoms with Crippen LogP contribution in [0, 0.1) is 0 Å². The number of hydrogen-bond acceptors (Lipinski definition) is 7. The lowest BCUT2D eigenvalue weighted by atomic mass is 10.0. The summed E-state index contributed by atoms with van der Waals surface area (Å²) in [4.78, 5) is 28.8. The summed E-state index contributed by atoms with van der Waals surface area (Å²) in [6.07, 6.45) is 0. The number of ether oxygens (including phenoxy) is 2. The van der Waals surface area contributed by atoms with Crippen molar-refractivity contribution in [1.82, 2.24) is 4.90 Å². The van der Waals surface area contributed by atoms with Gasteiger partial charge >= 0.3 is 5.97 Å². The van der Waals surface area contributed by atoms with E-state index in [0.717, 1.165) is 5.56 Å². The molecule has 2 heterocycles.